The Labute approximate surface area is 109 Å². The number of hydrogen-bond donors (Lipinski definition) is 0. The Kier molecular flexibility index (Phi) is 4.10. The van der Waals surface area contributed by atoms with Crippen LogP contribution in [0.1, 0.15) is 26.2 Å². The molecule has 0 aromatic rings. The third kappa shape index (κ3) is 3.15. The van der Waals surface area contributed by atoms with Crippen LogP contribution in [0, 0.1) is 17.8 Å². The van der Waals surface area contributed by atoms with E-state index >= 15 is 0 Å². The number of rotatable bonds is 3. The van der Waals surface area contributed by atoms with Crippen molar-refractivity contribution in [2.45, 2.75) is 26.2 Å². The van der Waals surface area contributed by atoms with Crippen LogP contribution in [0.2, 0.25) is 0 Å². The zero-order valence-electron chi connectivity index (χ0n) is 11.6. The maximum absolute atomic E-state index is 11.5. The minimum atomic E-state index is 0.00318. The van der Waals surface area contributed by atoms with Gasteiger partial charge in [0.25, 0.3) is 5.91 Å². The summed E-state index contributed by atoms with van der Waals surface area (Å²) in [6.45, 7) is 2.45. The minimum absolute atomic E-state index is 0.00318. The summed E-state index contributed by atoms with van der Waals surface area (Å²) in [5.41, 5.74) is 0. The Morgan fingerprint density at radius 1 is 1.39 bits per heavy atom. The van der Waals surface area contributed by atoms with Crippen molar-refractivity contribution in [3.8, 4) is 0 Å². The number of nitrogens with zero attached hydrogens (tertiary/aromatic N) is 1. The van der Waals surface area contributed by atoms with Gasteiger partial charge in [-0.3, -0.25) is 4.79 Å². The van der Waals surface area contributed by atoms with E-state index in [9.17, 15) is 4.79 Å². The van der Waals surface area contributed by atoms with Crippen LogP contribution >= 0.6 is 0 Å². The van der Waals surface area contributed by atoms with Gasteiger partial charge in [0, 0.05) is 14.1 Å². The summed E-state index contributed by atoms with van der Waals surface area (Å²) in [7, 11) is 3.49. The summed E-state index contributed by atoms with van der Waals surface area (Å²) >= 11 is 0. The smallest absolute Gasteiger partial charge is 0.259 e. The molecule has 0 radical (unpaired) electrons. The molecular formula is C15H23NO2. The maximum Gasteiger partial charge on any atom is 0.259 e. The fourth-order valence-corrected chi connectivity index (χ4v) is 2.73. The largest absolute Gasteiger partial charge is 0.484 e. The zero-order valence-corrected chi connectivity index (χ0v) is 11.6. The highest BCUT2D eigenvalue weighted by molar-refractivity contribution is 5.76. The van der Waals surface area contributed by atoms with Crippen molar-refractivity contribution in [3.05, 3.63) is 24.0 Å². The highest BCUT2D eigenvalue weighted by Gasteiger charge is 2.28. The van der Waals surface area contributed by atoms with Gasteiger partial charge in [0.2, 0.25) is 0 Å². The lowest BCUT2D eigenvalue weighted by Gasteiger charge is -2.33. The molecule has 0 aromatic carbocycles. The molecule has 0 heterocycles. The molecule has 2 aliphatic carbocycles. The number of carbonyl (C=O) groups is 1. The van der Waals surface area contributed by atoms with Crippen molar-refractivity contribution in [1.29, 1.82) is 0 Å². The van der Waals surface area contributed by atoms with Gasteiger partial charge >= 0.3 is 0 Å². The summed E-state index contributed by atoms with van der Waals surface area (Å²) in [5.74, 6) is 2.95. The zero-order chi connectivity index (χ0) is 13.1. The average Bonchev–Trinajstić information content (AvgIpc) is 2.35. The lowest BCUT2D eigenvalue weighted by atomic mass is 9.73. The number of ether oxygens (including phenoxy) is 1. The SMILES string of the molecule is CC1CCC2C=CC(OCC(=O)N(C)C)=CC2C1. The lowest BCUT2D eigenvalue weighted by molar-refractivity contribution is -0.132. The molecule has 2 rings (SSSR count). The Morgan fingerprint density at radius 2 is 2.17 bits per heavy atom. The molecular weight excluding hydrogens is 226 g/mol. The lowest BCUT2D eigenvalue weighted by Crippen LogP contribution is -2.27. The molecule has 3 unspecified atom stereocenters. The molecule has 1 fully saturated rings. The van der Waals surface area contributed by atoms with Crippen LogP contribution in [0.5, 0.6) is 0 Å². The second kappa shape index (κ2) is 5.59. The third-order valence-corrected chi connectivity index (χ3v) is 3.96. The first kappa shape index (κ1) is 13.2. The van der Waals surface area contributed by atoms with Crippen LogP contribution in [-0.2, 0) is 9.53 Å². The number of carbonyl (C=O) groups excluding carboxylic acids is 1. The standard InChI is InChI=1S/C15H23NO2/c1-11-4-5-12-6-7-14(9-13(12)8-11)18-10-15(17)16(2)3/h6-7,9,11-13H,4-5,8,10H2,1-3H3. The second-order valence-corrected chi connectivity index (χ2v) is 5.75. The number of fused-ring (bicyclic) bond motifs is 1. The Bertz CT molecular complexity index is 371. The molecule has 0 spiro atoms. The van der Waals surface area contributed by atoms with E-state index in [4.69, 9.17) is 4.74 Å². The molecule has 1 amide bonds. The van der Waals surface area contributed by atoms with E-state index in [1.54, 1.807) is 19.0 Å². The molecule has 3 heteroatoms. The van der Waals surface area contributed by atoms with Gasteiger partial charge < -0.3 is 9.64 Å². The minimum Gasteiger partial charge on any atom is -0.484 e. The average molecular weight is 249 g/mol. The molecule has 0 saturated heterocycles. The van der Waals surface area contributed by atoms with E-state index in [1.165, 1.54) is 19.3 Å². The second-order valence-electron chi connectivity index (χ2n) is 5.75. The fourth-order valence-electron chi connectivity index (χ4n) is 2.73. The number of likely N-dealkylation sites (N-methyl/N-ethyl adjacent to an activating group) is 1. The van der Waals surface area contributed by atoms with E-state index in [0.29, 0.717) is 11.8 Å². The van der Waals surface area contributed by atoms with Crippen LogP contribution in [-0.4, -0.2) is 31.5 Å². The predicted octanol–water partition coefficient (Wildman–Crippen LogP) is 2.60. The first-order chi connectivity index (χ1) is 8.56. The first-order valence-electron chi connectivity index (χ1n) is 6.79. The third-order valence-electron chi connectivity index (χ3n) is 3.96. The molecule has 18 heavy (non-hydrogen) atoms. The van der Waals surface area contributed by atoms with Gasteiger partial charge in [0.1, 0.15) is 5.76 Å². The van der Waals surface area contributed by atoms with E-state index in [2.05, 4.69) is 19.1 Å². The Balaban J connectivity index is 1.90. The predicted molar refractivity (Wildman–Crippen MR) is 71.9 cm³/mol. The quantitative estimate of drug-likeness (QED) is 0.769. The molecule has 0 N–H and O–H groups in total. The van der Waals surface area contributed by atoms with Crippen LogP contribution in [0.3, 0.4) is 0 Å². The van der Waals surface area contributed by atoms with Gasteiger partial charge in [-0.15, -0.1) is 0 Å². The Morgan fingerprint density at radius 3 is 2.89 bits per heavy atom. The Hall–Kier alpha value is -1.25. The van der Waals surface area contributed by atoms with Crippen LogP contribution in [0.4, 0.5) is 0 Å². The number of hydrogen-bond acceptors (Lipinski definition) is 2. The van der Waals surface area contributed by atoms with E-state index in [1.807, 2.05) is 6.08 Å². The monoisotopic (exact) mass is 249 g/mol. The van der Waals surface area contributed by atoms with E-state index < -0.39 is 0 Å². The van der Waals surface area contributed by atoms with Crippen molar-refractivity contribution in [2.75, 3.05) is 20.7 Å². The summed E-state index contributed by atoms with van der Waals surface area (Å²) in [6.07, 6.45) is 10.3. The van der Waals surface area contributed by atoms with Gasteiger partial charge in [-0.1, -0.05) is 19.4 Å². The highest BCUT2D eigenvalue weighted by Crippen LogP contribution is 2.38. The molecule has 1 saturated carbocycles. The number of amides is 1. The van der Waals surface area contributed by atoms with Crippen molar-refractivity contribution in [2.24, 2.45) is 17.8 Å². The van der Waals surface area contributed by atoms with Crippen LogP contribution in [0.25, 0.3) is 0 Å². The van der Waals surface area contributed by atoms with Gasteiger partial charge in [-0.05, 0) is 42.7 Å². The highest BCUT2D eigenvalue weighted by atomic mass is 16.5. The maximum atomic E-state index is 11.5. The topological polar surface area (TPSA) is 29.5 Å². The van der Waals surface area contributed by atoms with Gasteiger partial charge in [0.05, 0.1) is 0 Å². The first-order valence-corrected chi connectivity index (χ1v) is 6.79. The van der Waals surface area contributed by atoms with Gasteiger partial charge in [0.15, 0.2) is 6.61 Å². The van der Waals surface area contributed by atoms with E-state index in [0.717, 1.165) is 11.7 Å². The van der Waals surface area contributed by atoms with Gasteiger partial charge in [-0.25, -0.2) is 0 Å². The molecule has 2 aliphatic rings. The fraction of sp³-hybridized carbons (Fsp3) is 0.667. The van der Waals surface area contributed by atoms with Crippen molar-refractivity contribution >= 4 is 5.91 Å². The van der Waals surface area contributed by atoms with Crippen LogP contribution in [0.15, 0.2) is 24.0 Å². The summed E-state index contributed by atoms with van der Waals surface area (Å²) in [6, 6.07) is 0. The molecule has 3 nitrogen and oxygen atoms in total. The van der Waals surface area contributed by atoms with Crippen molar-refractivity contribution in [1.82, 2.24) is 4.90 Å². The summed E-state index contributed by atoms with van der Waals surface area (Å²) in [4.78, 5) is 13.0. The molecule has 0 aliphatic heterocycles. The summed E-state index contributed by atoms with van der Waals surface area (Å²) in [5, 5.41) is 0. The van der Waals surface area contributed by atoms with Crippen molar-refractivity contribution < 1.29 is 9.53 Å². The molecule has 3 atom stereocenters. The van der Waals surface area contributed by atoms with Crippen molar-refractivity contribution in [3.63, 3.8) is 0 Å². The molecule has 100 valence electrons. The molecule has 0 bridgehead atoms. The normalized spacial score (nSPS) is 30.4. The van der Waals surface area contributed by atoms with Crippen LogP contribution < -0.4 is 0 Å². The summed E-state index contributed by atoms with van der Waals surface area (Å²) < 4.78 is 5.57. The number of allylic oxidation sites excluding steroid dienone is 3. The molecule has 0 aromatic heterocycles. The van der Waals surface area contributed by atoms with Gasteiger partial charge in [-0.2, -0.15) is 0 Å². The van der Waals surface area contributed by atoms with E-state index in [-0.39, 0.29) is 12.5 Å².